The molecule has 0 unspecified atom stereocenters. The number of benzene rings is 1. The van der Waals surface area contributed by atoms with E-state index in [2.05, 4.69) is 0 Å². The van der Waals surface area contributed by atoms with Gasteiger partial charge in [0.05, 0.1) is 0 Å². The number of rotatable bonds is 0. The van der Waals surface area contributed by atoms with E-state index in [0.29, 0.717) is 5.39 Å². The van der Waals surface area contributed by atoms with Crippen molar-refractivity contribution in [1.29, 1.82) is 0 Å². The summed E-state index contributed by atoms with van der Waals surface area (Å²) in [5, 5.41) is 20.9. The van der Waals surface area contributed by atoms with E-state index in [-0.39, 0.29) is 11.6 Å². The molecule has 72 valence electrons. The Morgan fingerprint density at radius 1 is 1.21 bits per heavy atom. The lowest BCUT2D eigenvalue weighted by Crippen LogP contribution is -2.27. The summed E-state index contributed by atoms with van der Waals surface area (Å²) >= 11 is 0. The van der Waals surface area contributed by atoms with Gasteiger partial charge in [0.1, 0.15) is 7.05 Å². The van der Waals surface area contributed by atoms with Crippen molar-refractivity contribution in [1.82, 2.24) is 0 Å². The maximum absolute atomic E-state index is 9.75. The van der Waals surface area contributed by atoms with Gasteiger partial charge in [0.25, 0.3) is 0 Å². The van der Waals surface area contributed by atoms with Crippen LogP contribution in [0, 0.1) is 6.92 Å². The summed E-state index contributed by atoms with van der Waals surface area (Å²) in [6.07, 6.45) is 1.79. The summed E-state index contributed by atoms with van der Waals surface area (Å²) in [5.74, 6) is -0.157. The minimum atomic E-state index is -0.105. The Balaban J connectivity index is 2.99. The van der Waals surface area contributed by atoms with Gasteiger partial charge < -0.3 is 10.2 Å². The van der Waals surface area contributed by atoms with Gasteiger partial charge in [-0.25, -0.2) is 0 Å². The van der Waals surface area contributed by atoms with Gasteiger partial charge in [-0.3, -0.25) is 0 Å². The van der Waals surface area contributed by atoms with Crippen LogP contribution in [0.3, 0.4) is 0 Å². The molecule has 0 aliphatic carbocycles. The SMILES string of the molecule is Cc1cccc2c[n+](C)c(O)c(O)c12. The number of hydrogen-bond acceptors (Lipinski definition) is 2. The molecule has 1 aromatic carbocycles. The fraction of sp³-hybridized carbons (Fsp3) is 0.182. The molecule has 14 heavy (non-hydrogen) atoms. The van der Waals surface area contributed by atoms with E-state index in [4.69, 9.17) is 0 Å². The fourth-order valence-corrected chi connectivity index (χ4v) is 1.67. The molecule has 0 aliphatic rings. The second-order valence-electron chi connectivity index (χ2n) is 3.45. The zero-order valence-corrected chi connectivity index (χ0v) is 8.15. The molecular weight excluding hydrogens is 178 g/mol. The number of nitrogens with zero attached hydrogens (tertiary/aromatic N) is 1. The molecule has 0 amide bonds. The summed E-state index contributed by atoms with van der Waals surface area (Å²) in [5.41, 5.74) is 0.955. The monoisotopic (exact) mass is 190 g/mol. The molecule has 0 fully saturated rings. The summed E-state index contributed by atoms with van der Waals surface area (Å²) in [7, 11) is 1.69. The highest BCUT2D eigenvalue weighted by atomic mass is 16.3. The Morgan fingerprint density at radius 3 is 2.64 bits per heavy atom. The van der Waals surface area contributed by atoms with Crippen LogP contribution in [0.4, 0.5) is 0 Å². The topological polar surface area (TPSA) is 44.3 Å². The molecule has 2 N–H and O–H groups in total. The van der Waals surface area contributed by atoms with Crippen molar-refractivity contribution in [2.45, 2.75) is 6.92 Å². The molecule has 1 aromatic heterocycles. The van der Waals surface area contributed by atoms with Gasteiger partial charge in [-0.1, -0.05) is 12.1 Å². The Labute approximate surface area is 81.9 Å². The molecule has 3 heteroatoms. The molecular formula is C11H12NO2+. The second kappa shape index (κ2) is 2.87. The third-order valence-electron chi connectivity index (χ3n) is 2.42. The molecule has 0 spiro atoms. The Hall–Kier alpha value is -1.77. The largest absolute Gasteiger partial charge is 0.499 e. The van der Waals surface area contributed by atoms with Crippen LogP contribution in [0.15, 0.2) is 24.4 Å². The quantitative estimate of drug-likeness (QED) is 0.616. The van der Waals surface area contributed by atoms with Crippen molar-refractivity contribution in [3.05, 3.63) is 30.0 Å². The highest BCUT2D eigenvalue weighted by molar-refractivity contribution is 5.90. The number of hydrogen-bond donors (Lipinski definition) is 2. The molecule has 0 radical (unpaired) electrons. The van der Waals surface area contributed by atoms with E-state index >= 15 is 0 Å². The zero-order valence-electron chi connectivity index (χ0n) is 8.15. The predicted octanol–water partition coefficient (Wildman–Crippen LogP) is 1.38. The average molecular weight is 190 g/mol. The number of aryl methyl sites for hydroxylation is 2. The van der Waals surface area contributed by atoms with Crippen molar-refractivity contribution in [2.75, 3.05) is 0 Å². The lowest BCUT2D eigenvalue weighted by atomic mass is 10.1. The van der Waals surface area contributed by atoms with Crippen LogP contribution < -0.4 is 4.57 Å². The van der Waals surface area contributed by atoms with E-state index < -0.39 is 0 Å². The van der Waals surface area contributed by atoms with Gasteiger partial charge in [-0.2, -0.15) is 4.57 Å². The van der Waals surface area contributed by atoms with E-state index in [0.717, 1.165) is 10.9 Å². The van der Waals surface area contributed by atoms with Gasteiger partial charge in [0, 0.05) is 10.8 Å². The van der Waals surface area contributed by atoms with Crippen LogP contribution in [-0.2, 0) is 7.05 Å². The van der Waals surface area contributed by atoms with Crippen molar-refractivity contribution < 1.29 is 14.8 Å². The first-order valence-corrected chi connectivity index (χ1v) is 4.41. The molecule has 3 nitrogen and oxygen atoms in total. The van der Waals surface area contributed by atoms with Gasteiger partial charge in [-0.15, -0.1) is 0 Å². The Bertz CT molecular complexity index is 506. The standard InChI is InChI=1S/C11H11NO2/c1-7-4-3-5-8-6-12(2)11(14)10(13)9(7)8/h3-6,13H,1-2H3/p+1. The molecule has 2 aromatic rings. The molecule has 1 heterocycles. The number of pyridine rings is 1. The van der Waals surface area contributed by atoms with Gasteiger partial charge >= 0.3 is 5.88 Å². The molecule has 2 rings (SSSR count). The van der Waals surface area contributed by atoms with E-state index in [1.807, 2.05) is 25.1 Å². The van der Waals surface area contributed by atoms with E-state index in [1.165, 1.54) is 4.57 Å². The van der Waals surface area contributed by atoms with Gasteiger partial charge in [-0.05, 0) is 18.6 Å². The molecule has 0 bridgehead atoms. The summed E-state index contributed by atoms with van der Waals surface area (Å²) in [6, 6.07) is 5.73. The summed E-state index contributed by atoms with van der Waals surface area (Å²) in [4.78, 5) is 0. The molecule has 0 saturated carbocycles. The predicted molar refractivity (Wildman–Crippen MR) is 53.2 cm³/mol. The van der Waals surface area contributed by atoms with Crippen molar-refractivity contribution in [3.63, 3.8) is 0 Å². The van der Waals surface area contributed by atoms with Crippen molar-refractivity contribution in [2.24, 2.45) is 7.05 Å². The van der Waals surface area contributed by atoms with E-state index in [9.17, 15) is 10.2 Å². The third-order valence-corrected chi connectivity index (χ3v) is 2.42. The van der Waals surface area contributed by atoms with Crippen LogP contribution >= 0.6 is 0 Å². The summed E-state index contributed by atoms with van der Waals surface area (Å²) < 4.78 is 1.50. The van der Waals surface area contributed by atoms with E-state index in [1.54, 1.807) is 13.2 Å². The van der Waals surface area contributed by atoms with Crippen LogP contribution in [0.2, 0.25) is 0 Å². The van der Waals surface area contributed by atoms with Gasteiger partial charge in [0.2, 0.25) is 5.75 Å². The zero-order chi connectivity index (χ0) is 10.3. The first-order chi connectivity index (χ1) is 6.61. The van der Waals surface area contributed by atoms with Crippen LogP contribution in [0.1, 0.15) is 5.56 Å². The van der Waals surface area contributed by atoms with Crippen molar-refractivity contribution >= 4 is 10.8 Å². The van der Waals surface area contributed by atoms with Crippen LogP contribution in [0.5, 0.6) is 11.6 Å². The first-order valence-electron chi connectivity index (χ1n) is 4.41. The number of aromatic hydroxyl groups is 2. The first kappa shape index (κ1) is 8.81. The minimum absolute atomic E-state index is 0.0527. The lowest BCUT2D eigenvalue weighted by molar-refractivity contribution is -0.676. The average Bonchev–Trinajstić information content (AvgIpc) is 2.14. The highest BCUT2D eigenvalue weighted by Gasteiger charge is 2.16. The van der Waals surface area contributed by atoms with Crippen LogP contribution in [0.25, 0.3) is 10.8 Å². The summed E-state index contributed by atoms with van der Waals surface area (Å²) in [6.45, 7) is 1.90. The molecule has 0 saturated heterocycles. The molecule has 0 atom stereocenters. The smallest absolute Gasteiger partial charge is 0.409 e. The fourth-order valence-electron chi connectivity index (χ4n) is 1.67. The third kappa shape index (κ3) is 1.09. The maximum Gasteiger partial charge on any atom is 0.409 e. The Morgan fingerprint density at radius 2 is 1.93 bits per heavy atom. The minimum Gasteiger partial charge on any atom is -0.499 e. The normalized spacial score (nSPS) is 10.7. The lowest BCUT2D eigenvalue weighted by Gasteiger charge is -2.03. The van der Waals surface area contributed by atoms with Gasteiger partial charge in [0.15, 0.2) is 6.20 Å². The van der Waals surface area contributed by atoms with Crippen LogP contribution in [-0.4, -0.2) is 10.2 Å². The Kier molecular flexibility index (Phi) is 1.81. The maximum atomic E-state index is 9.75. The molecule has 0 aliphatic heterocycles. The van der Waals surface area contributed by atoms with Crippen molar-refractivity contribution in [3.8, 4) is 11.6 Å². The number of fused-ring (bicyclic) bond motifs is 1. The highest BCUT2D eigenvalue weighted by Crippen LogP contribution is 2.31. The second-order valence-corrected chi connectivity index (χ2v) is 3.45. The number of aromatic nitrogens is 1.